The third-order valence-corrected chi connectivity index (χ3v) is 2.81. The van der Waals surface area contributed by atoms with Crippen LogP contribution in [0.3, 0.4) is 0 Å². The van der Waals surface area contributed by atoms with Crippen molar-refractivity contribution in [1.82, 2.24) is 4.72 Å². The van der Waals surface area contributed by atoms with Gasteiger partial charge in [-0.3, -0.25) is 4.79 Å². The molecule has 0 aromatic carbocycles. The SMILES string of the molecule is CC(C)C[C@@H](NS(=O)(=O)C(F)(F)F)C(=O)O. The summed E-state index contributed by atoms with van der Waals surface area (Å²) < 4.78 is 58.3. The van der Waals surface area contributed by atoms with Crippen molar-refractivity contribution in [2.75, 3.05) is 0 Å². The van der Waals surface area contributed by atoms with E-state index < -0.39 is 27.5 Å². The molecule has 0 amide bonds. The first kappa shape index (κ1) is 15.2. The topological polar surface area (TPSA) is 83.5 Å². The molecule has 16 heavy (non-hydrogen) atoms. The molecule has 0 aliphatic carbocycles. The van der Waals surface area contributed by atoms with E-state index in [1.807, 2.05) is 0 Å². The number of hydrogen-bond acceptors (Lipinski definition) is 3. The number of halogens is 3. The molecule has 5 nitrogen and oxygen atoms in total. The van der Waals surface area contributed by atoms with Crippen molar-refractivity contribution in [2.24, 2.45) is 5.92 Å². The van der Waals surface area contributed by atoms with Gasteiger partial charge in [0.2, 0.25) is 0 Å². The van der Waals surface area contributed by atoms with Crippen molar-refractivity contribution in [3.05, 3.63) is 0 Å². The van der Waals surface area contributed by atoms with E-state index in [-0.39, 0.29) is 12.3 Å². The second-order valence-corrected chi connectivity index (χ2v) is 5.29. The number of carboxylic acid groups (broad SMARTS) is 1. The Morgan fingerprint density at radius 2 is 1.81 bits per heavy atom. The average Bonchev–Trinajstić information content (AvgIpc) is 1.98. The van der Waals surface area contributed by atoms with Crippen molar-refractivity contribution in [3.8, 4) is 0 Å². The van der Waals surface area contributed by atoms with Crippen LogP contribution in [-0.4, -0.2) is 31.0 Å². The first-order valence-corrected chi connectivity index (χ1v) is 5.77. The smallest absolute Gasteiger partial charge is 0.480 e. The highest BCUT2D eigenvalue weighted by atomic mass is 32.2. The van der Waals surface area contributed by atoms with Crippen LogP contribution < -0.4 is 4.72 Å². The summed E-state index contributed by atoms with van der Waals surface area (Å²) in [5.41, 5.74) is -5.50. The van der Waals surface area contributed by atoms with Gasteiger partial charge in [0.1, 0.15) is 6.04 Å². The van der Waals surface area contributed by atoms with Gasteiger partial charge in [0.15, 0.2) is 0 Å². The Bertz CT molecular complexity index is 349. The quantitative estimate of drug-likeness (QED) is 0.772. The van der Waals surface area contributed by atoms with E-state index in [9.17, 15) is 26.4 Å². The fraction of sp³-hybridized carbons (Fsp3) is 0.857. The Hall–Kier alpha value is -0.830. The van der Waals surface area contributed by atoms with Gasteiger partial charge in [-0.25, -0.2) is 8.42 Å². The van der Waals surface area contributed by atoms with Crippen LogP contribution in [0, 0.1) is 5.92 Å². The van der Waals surface area contributed by atoms with Crippen molar-refractivity contribution in [3.63, 3.8) is 0 Å². The van der Waals surface area contributed by atoms with Gasteiger partial charge in [-0.05, 0) is 12.3 Å². The molecule has 0 fully saturated rings. The van der Waals surface area contributed by atoms with E-state index in [1.54, 1.807) is 13.8 Å². The molecule has 0 unspecified atom stereocenters. The Morgan fingerprint density at radius 3 is 2.06 bits per heavy atom. The zero-order valence-corrected chi connectivity index (χ0v) is 9.39. The first-order valence-electron chi connectivity index (χ1n) is 4.28. The summed E-state index contributed by atoms with van der Waals surface area (Å²) in [6.07, 6.45) is -0.218. The van der Waals surface area contributed by atoms with Gasteiger partial charge in [-0.2, -0.15) is 17.9 Å². The molecule has 0 aliphatic heterocycles. The van der Waals surface area contributed by atoms with Crippen LogP contribution in [0.25, 0.3) is 0 Å². The number of carboxylic acids is 1. The molecule has 0 saturated carbocycles. The third-order valence-electron chi connectivity index (χ3n) is 1.61. The normalized spacial score (nSPS) is 15.1. The van der Waals surface area contributed by atoms with Crippen molar-refractivity contribution in [1.29, 1.82) is 0 Å². The monoisotopic (exact) mass is 263 g/mol. The number of hydrogen-bond donors (Lipinski definition) is 2. The summed E-state index contributed by atoms with van der Waals surface area (Å²) in [4.78, 5) is 10.5. The lowest BCUT2D eigenvalue weighted by Gasteiger charge is -2.17. The summed E-state index contributed by atoms with van der Waals surface area (Å²) in [5.74, 6) is -1.89. The molecule has 0 heterocycles. The number of nitrogens with one attached hydrogen (secondary N) is 1. The molecule has 0 spiro atoms. The third kappa shape index (κ3) is 4.35. The van der Waals surface area contributed by atoms with Crippen LogP contribution >= 0.6 is 0 Å². The molecule has 0 aliphatic rings. The predicted octanol–water partition coefficient (Wildman–Crippen LogP) is 0.925. The number of alkyl halides is 3. The van der Waals surface area contributed by atoms with Gasteiger partial charge >= 0.3 is 21.5 Å². The fourth-order valence-corrected chi connectivity index (χ4v) is 1.63. The van der Waals surface area contributed by atoms with Crippen molar-refractivity contribution < 1.29 is 31.5 Å². The standard InChI is InChI=1S/C7H12F3NO4S/c1-4(2)3-5(6(12)13)11-16(14,15)7(8,9)10/h4-5,11H,3H2,1-2H3,(H,12,13)/t5-/m1/s1. The Balaban J connectivity index is 4.85. The summed E-state index contributed by atoms with van der Waals surface area (Å²) in [7, 11) is -5.62. The van der Waals surface area contributed by atoms with Gasteiger partial charge in [0.05, 0.1) is 0 Å². The van der Waals surface area contributed by atoms with Gasteiger partial charge in [-0.1, -0.05) is 13.8 Å². The maximum Gasteiger partial charge on any atom is 0.511 e. The van der Waals surface area contributed by atoms with Crippen LogP contribution in [0.4, 0.5) is 13.2 Å². The van der Waals surface area contributed by atoms with E-state index >= 15 is 0 Å². The Morgan fingerprint density at radius 1 is 1.38 bits per heavy atom. The van der Waals surface area contributed by atoms with Crippen LogP contribution in [0.5, 0.6) is 0 Å². The second kappa shape index (κ2) is 5.00. The van der Waals surface area contributed by atoms with E-state index in [2.05, 4.69) is 0 Å². The zero-order chi connectivity index (χ0) is 13.1. The van der Waals surface area contributed by atoms with Crippen LogP contribution in [0.15, 0.2) is 0 Å². The van der Waals surface area contributed by atoms with E-state index in [4.69, 9.17) is 5.11 Å². The van der Waals surface area contributed by atoms with Gasteiger partial charge in [0, 0.05) is 0 Å². The van der Waals surface area contributed by atoms with Gasteiger partial charge < -0.3 is 5.11 Å². The largest absolute Gasteiger partial charge is 0.511 e. The molecule has 1 atom stereocenters. The molecule has 0 bridgehead atoms. The molecular weight excluding hydrogens is 251 g/mol. The molecule has 9 heteroatoms. The first-order chi connectivity index (χ1) is 6.97. The van der Waals surface area contributed by atoms with Gasteiger partial charge in [0.25, 0.3) is 0 Å². The number of aliphatic carboxylic acids is 1. The molecular formula is C7H12F3NO4S. The number of rotatable bonds is 5. The Kier molecular flexibility index (Phi) is 4.74. The lowest BCUT2D eigenvalue weighted by Crippen LogP contribution is -2.46. The van der Waals surface area contributed by atoms with E-state index in [1.165, 1.54) is 0 Å². The lowest BCUT2D eigenvalue weighted by molar-refractivity contribution is -0.139. The van der Waals surface area contributed by atoms with Crippen LogP contribution in [-0.2, 0) is 14.8 Å². The number of carbonyl (C=O) groups is 1. The second-order valence-electron chi connectivity index (χ2n) is 3.59. The molecule has 0 aromatic heterocycles. The van der Waals surface area contributed by atoms with Crippen LogP contribution in [0.2, 0.25) is 0 Å². The lowest BCUT2D eigenvalue weighted by atomic mass is 10.1. The summed E-state index contributed by atoms with van der Waals surface area (Å²) in [6, 6.07) is -1.77. The highest BCUT2D eigenvalue weighted by Crippen LogP contribution is 2.22. The minimum Gasteiger partial charge on any atom is -0.480 e. The summed E-state index contributed by atoms with van der Waals surface area (Å²) in [5, 5.41) is 8.56. The predicted molar refractivity (Wildman–Crippen MR) is 49.0 cm³/mol. The molecule has 2 N–H and O–H groups in total. The highest BCUT2D eigenvalue weighted by Gasteiger charge is 2.47. The maximum atomic E-state index is 12.0. The minimum atomic E-state index is -5.62. The highest BCUT2D eigenvalue weighted by molar-refractivity contribution is 7.90. The number of sulfonamides is 1. The summed E-state index contributed by atoms with van der Waals surface area (Å²) in [6.45, 7) is 3.13. The van der Waals surface area contributed by atoms with Crippen molar-refractivity contribution >= 4 is 16.0 Å². The molecule has 0 aromatic rings. The van der Waals surface area contributed by atoms with E-state index in [0.29, 0.717) is 0 Å². The maximum absolute atomic E-state index is 12.0. The Labute approximate surface area is 90.7 Å². The molecule has 0 rings (SSSR count). The van der Waals surface area contributed by atoms with Crippen LogP contribution in [0.1, 0.15) is 20.3 Å². The zero-order valence-electron chi connectivity index (χ0n) is 8.58. The molecule has 0 radical (unpaired) electrons. The summed E-state index contributed by atoms with van der Waals surface area (Å²) >= 11 is 0. The van der Waals surface area contributed by atoms with E-state index in [0.717, 1.165) is 4.72 Å². The fourth-order valence-electron chi connectivity index (χ4n) is 0.925. The van der Waals surface area contributed by atoms with Crippen molar-refractivity contribution in [2.45, 2.75) is 31.8 Å². The minimum absolute atomic E-state index is 0.218. The molecule has 96 valence electrons. The van der Waals surface area contributed by atoms with Gasteiger partial charge in [-0.15, -0.1) is 0 Å². The molecule has 0 saturated heterocycles. The average molecular weight is 263 g/mol.